The van der Waals surface area contributed by atoms with E-state index in [1.165, 1.54) is 0 Å². The Morgan fingerprint density at radius 2 is 1.50 bits per heavy atom. The molecule has 0 aromatic rings. The zero-order chi connectivity index (χ0) is 5.21. The zero-order valence-corrected chi connectivity index (χ0v) is 6.25. The van der Waals surface area contributed by atoms with Gasteiger partial charge in [0.1, 0.15) is 8.01 Å². The van der Waals surface area contributed by atoms with E-state index in [2.05, 4.69) is 19.6 Å². The van der Waals surface area contributed by atoms with Gasteiger partial charge in [-0.3, -0.25) is 4.57 Å². The molecule has 0 spiro atoms. The van der Waals surface area contributed by atoms with Gasteiger partial charge >= 0.3 is 0 Å². The topological polar surface area (TPSA) is 17.1 Å². The van der Waals surface area contributed by atoms with Crippen molar-refractivity contribution in [2.45, 2.75) is 19.6 Å². The van der Waals surface area contributed by atoms with Crippen LogP contribution in [-0.4, -0.2) is 7.74 Å². The molecule has 0 amide bonds. The molecule has 0 aliphatic carbocycles. The molecular weight excluding hydrogens is 111 g/mol. The number of hydrogen-bond donors (Lipinski definition) is 0. The molecule has 0 atom stereocenters. The van der Waals surface area contributed by atoms with Crippen molar-refractivity contribution in [2.24, 2.45) is 0 Å². The molecule has 36 valence electrons. The second-order valence-electron chi connectivity index (χ2n) is 2.26. The standard InChI is InChI=1S/C3H9OPSi/c1-6(2,3)5-4/h1-3H3. The van der Waals surface area contributed by atoms with Gasteiger partial charge in [0.25, 0.3) is 0 Å². The molecule has 0 aromatic heterocycles. The Kier molecular flexibility index (Phi) is 1.95. The SMILES string of the molecule is C[Si](C)(C)P=O. The molecule has 0 fully saturated rings. The van der Waals surface area contributed by atoms with Gasteiger partial charge < -0.3 is 0 Å². The lowest BCUT2D eigenvalue weighted by Gasteiger charge is -1.97. The molecule has 0 saturated carbocycles. The van der Waals surface area contributed by atoms with E-state index in [0.717, 1.165) is 0 Å². The third kappa shape index (κ3) is 4.32. The summed E-state index contributed by atoms with van der Waals surface area (Å²) >= 11 is 0. The van der Waals surface area contributed by atoms with E-state index < -0.39 is 7.74 Å². The van der Waals surface area contributed by atoms with Gasteiger partial charge in [0, 0.05) is 0 Å². The first-order valence-electron chi connectivity index (χ1n) is 1.91. The lowest BCUT2D eigenvalue weighted by atomic mass is 11.8. The van der Waals surface area contributed by atoms with Crippen LogP contribution in [0.1, 0.15) is 0 Å². The van der Waals surface area contributed by atoms with Crippen LogP contribution in [0.15, 0.2) is 0 Å². The lowest BCUT2D eigenvalue weighted by Crippen LogP contribution is -2.07. The quantitative estimate of drug-likeness (QED) is 0.382. The minimum absolute atomic E-state index is 0.363. The summed E-state index contributed by atoms with van der Waals surface area (Å²) in [5, 5.41) is 0. The van der Waals surface area contributed by atoms with Crippen molar-refractivity contribution in [3.8, 4) is 0 Å². The highest BCUT2D eigenvalue weighted by atomic mass is 31.3. The zero-order valence-electron chi connectivity index (χ0n) is 4.36. The molecule has 0 unspecified atom stereocenters. The molecule has 3 heteroatoms. The van der Waals surface area contributed by atoms with E-state index in [4.69, 9.17) is 0 Å². The van der Waals surface area contributed by atoms with E-state index in [9.17, 15) is 4.57 Å². The van der Waals surface area contributed by atoms with Gasteiger partial charge in [-0.25, -0.2) is 0 Å². The van der Waals surface area contributed by atoms with Crippen molar-refractivity contribution in [2.75, 3.05) is 0 Å². The Labute approximate surface area is 40.8 Å². The molecular formula is C3H9OPSi. The van der Waals surface area contributed by atoms with Gasteiger partial charge in [-0.1, -0.05) is 19.6 Å². The maximum absolute atomic E-state index is 9.99. The first-order chi connectivity index (χ1) is 2.56. The second kappa shape index (κ2) is 1.85. The van der Waals surface area contributed by atoms with Crippen LogP contribution in [0.3, 0.4) is 0 Å². The smallest absolute Gasteiger partial charge is 0.155 e. The summed E-state index contributed by atoms with van der Waals surface area (Å²) < 4.78 is 9.99. The monoisotopic (exact) mass is 120 g/mol. The lowest BCUT2D eigenvalue weighted by molar-refractivity contribution is 0.604. The Morgan fingerprint density at radius 1 is 1.33 bits per heavy atom. The van der Waals surface area contributed by atoms with Crippen LogP contribution in [0, 0.1) is 0 Å². The van der Waals surface area contributed by atoms with E-state index >= 15 is 0 Å². The summed E-state index contributed by atoms with van der Waals surface area (Å²) in [6.07, 6.45) is 0. The van der Waals surface area contributed by atoms with Crippen molar-refractivity contribution in [3.05, 3.63) is 0 Å². The maximum Gasteiger partial charge on any atom is 0.155 e. The number of rotatable bonds is 1. The van der Waals surface area contributed by atoms with E-state index in [-0.39, 0.29) is 0 Å². The molecule has 0 rings (SSSR count). The average Bonchev–Trinajstić information content (AvgIpc) is 1.35. The fourth-order valence-corrected chi connectivity index (χ4v) is 0. The highest BCUT2D eigenvalue weighted by molar-refractivity contribution is 7.72. The fraction of sp³-hybridized carbons (Fsp3) is 1.00. The molecule has 0 bridgehead atoms. The van der Waals surface area contributed by atoms with E-state index in [0.29, 0.717) is 8.01 Å². The van der Waals surface area contributed by atoms with E-state index in [1.54, 1.807) is 0 Å². The summed E-state index contributed by atoms with van der Waals surface area (Å²) in [7, 11) is -0.851. The molecule has 0 heterocycles. The Hall–Kier alpha value is 0.317. The number of hydrogen-bond acceptors (Lipinski definition) is 1. The minimum Gasteiger partial charge on any atom is -0.282 e. The normalized spacial score (nSPS) is 12.5. The highest BCUT2D eigenvalue weighted by Crippen LogP contribution is 2.14. The van der Waals surface area contributed by atoms with Gasteiger partial charge in [-0.05, 0) is 0 Å². The van der Waals surface area contributed by atoms with Gasteiger partial charge in [-0.15, -0.1) is 0 Å². The summed E-state index contributed by atoms with van der Waals surface area (Å²) in [5.41, 5.74) is 0. The summed E-state index contributed by atoms with van der Waals surface area (Å²) in [5.74, 6) is 0. The first kappa shape index (κ1) is 6.32. The predicted molar refractivity (Wildman–Crippen MR) is 31.0 cm³/mol. The first-order valence-corrected chi connectivity index (χ1v) is 7.06. The Bertz CT molecular complexity index is 56.3. The van der Waals surface area contributed by atoms with Crippen LogP contribution in [-0.2, 0) is 4.57 Å². The van der Waals surface area contributed by atoms with Crippen LogP contribution in [0.5, 0.6) is 0 Å². The van der Waals surface area contributed by atoms with Crippen molar-refractivity contribution < 1.29 is 4.57 Å². The molecule has 0 aliphatic rings. The van der Waals surface area contributed by atoms with Crippen molar-refractivity contribution in [3.63, 3.8) is 0 Å². The Balaban J connectivity index is 3.45. The fourth-order valence-electron chi connectivity index (χ4n) is 0. The van der Waals surface area contributed by atoms with E-state index in [1.807, 2.05) is 0 Å². The maximum atomic E-state index is 9.99. The minimum atomic E-state index is -1.21. The Morgan fingerprint density at radius 3 is 1.50 bits per heavy atom. The highest BCUT2D eigenvalue weighted by Gasteiger charge is 2.11. The summed E-state index contributed by atoms with van der Waals surface area (Å²) in [6, 6.07) is 0. The second-order valence-corrected chi connectivity index (χ2v) is 11.4. The molecule has 0 saturated heterocycles. The van der Waals surface area contributed by atoms with Gasteiger partial charge in [0.05, 0.1) is 0 Å². The van der Waals surface area contributed by atoms with Gasteiger partial charge in [-0.2, -0.15) is 0 Å². The van der Waals surface area contributed by atoms with Gasteiger partial charge in [0.2, 0.25) is 0 Å². The molecule has 0 aromatic carbocycles. The van der Waals surface area contributed by atoms with Crippen LogP contribution < -0.4 is 0 Å². The average molecular weight is 120 g/mol. The largest absolute Gasteiger partial charge is 0.282 e. The van der Waals surface area contributed by atoms with Crippen LogP contribution in [0.2, 0.25) is 19.6 Å². The van der Waals surface area contributed by atoms with Gasteiger partial charge in [0.15, 0.2) is 7.74 Å². The molecule has 0 radical (unpaired) electrons. The third-order valence-electron chi connectivity index (χ3n) is 0.274. The van der Waals surface area contributed by atoms with Crippen molar-refractivity contribution in [1.82, 2.24) is 0 Å². The molecule has 6 heavy (non-hydrogen) atoms. The van der Waals surface area contributed by atoms with Crippen molar-refractivity contribution >= 4 is 15.7 Å². The third-order valence-corrected chi connectivity index (χ3v) is 2.46. The van der Waals surface area contributed by atoms with Crippen LogP contribution >= 0.6 is 8.01 Å². The molecule has 0 aliphatic heterocycles. The summed E-state index contributed by atoms with van der Waals surface area (Å²) in [6.45, 7) is 6.17. The predicted octanol–water partition coefficient (Wildman–Crippen LogP) is 2.11. The summed E-state index contributed by atoms with van der Waals surface area (Å²) in [4.78, 5) is 0. The molecule has 0 N–H and O–H groups in total. The van der Waals surface area contributed by atoms with Crippen molar-refractivity contribution in [1.29, 1.82) is 0 Å². The van der Waals surface area contributed by atoms with Crippen LogP contribution in [0.4, 0.5) is 0 Å². The molecule has 1 nitrogen and oxygen atoms in total. The van der Waals surface area contributed by atoms with Crippen LogP contribution in [0.25, 0.3) is 0 Å².